The minimum absolute atomic E-state index is 0.643. The van der Waals surface area contributed by atoms with E-state index in [0.717, 1.165) is 41.1 Å². The molecule has 0 saturated carbocycles. The molecule has 0 amide bonds. The molecule has 128 valence electrons. The highest BCUT2D eigenvalue weighted by molar-refractivity contribution is 5.94. The van der Waals surface area contributed by atoms with Crippen LogP contribution in [0.4, 0.5) is 11.5 Å². The lowest BCUT2D eigenvalue weighted by Crippen LogP contribution is -2.13. The highest BCUT2D eigenvalue weighted by atomic mass is 15.3. The molecule has 2 aromatic heterocycles. The SMILES string of the molecule is CN(c1ccccc1)c1nc2nnc(C3=CCCC3)n2c2ccccc12. The smallest absolute Gasteiger partial charge is 0.257 e. The molecule has 0 saturated heterocycles. The number of nitrogens with zero attached hydrogens (tertiary/aromatic N) is 5. The van der Waals surface area contributed by atoms with E-state index in [1.165, 1.54) is 12.0 Å². The van der Waals surface area contributed by atoms with Crippen molar-refractivity contribution in [3.05, 3.63) is 66.5 Å². The highest BCUT2D eigenvalue weighted by Crippen LogP contribution is 2.33. The summed E-state index contributed by atoms with van der Waals surface area (Å²) in [5, 5.41) is 9.94. The third kappa shape index (κ3) is 2.28. The number of rotatable bonds is 3. The van der Waals surface area contributed by atoms with Crippen molar-refractivity contribution >= 4 is 33.8 Å². The van der Waals surface area contributed by atoms with E-state index >= 15 is 0 Å². The molecular weight excluding hydrogens is 322 g/mol. The first-order chi connectivity index (χ1) is 12.8. The van der Waals surface area contributed by atoms with E-state index in [1.807, 2.05) is 25.2 Å². The van der Waals surface area contributed by atoms with Crippen LogP contribution in [0.25, 0.3) is 22.3 Å². The van der Waals surface area contributed by atoms with Crippen molar-refractivity contribution in [3.63, 3.8) is 0 Å². The molecule has 0 N–H and O–H groups in total. The van der Waals surface area contributed by atoms with E-state index in [1.54, 1.807) is 0 Å². The molecule has 0 aliphatic heterocycles. The fourth-order valence-corrected chi connectivity index (χ4v) is 3.69. The van der Waals surface area contributed by atoms with Crippen molar-refractivity contribution in [2.75, 3.05) is 11.9 Å². The van der Waals surface area contributed by atoms with Crippen LogP contribution in [0.2, 0.25) is 0 Å². The monoisotopic (exact) mass is 341 g/mol. The van der Waals surface area contributed by atoms with Gasteiger partial charge in [-0.1, -0.05) is 36.4 Å². The standard InChI is InChI=1S/C21H19N5/c1-25(16-11-3-2-4-12-16)20-17-13-7-8-14-18(17)26-19(15-9-5-6-10-15)23-24-21(26)22-20/h2-4,7-9,11-14H,5-6,10H2,1H3. The Balaban J connectivity index is 1.78. The average molecular weight is 341 g/mol. The second kappa shape index (κ2) is 5.95. The molecule has 4 aromatic rings. The van der Waals surface area contributed by atoms with Crippen LogP contribution in [-0.4, -0.2) is 26.6 Å². The molecule has 0 unspecified atom stereocenters. The first-order valence-corrected chi connectivity index (χ1v) is 8.95. The van der Waals surface area contributed by atoms with Crippen molar-refractivity contribution in [1.29, 1.82) is 0 Å². The number of fused-ring (bicyclic) bond motifs is 3. The van der Waals surface area contributed by atoms with Crippen molar-refractivity contribution in [3.8, 4) is 0 Å². The molecule has 1 aliphatic rings. The van der Waals surface area contributed by atoms with Crippen LogP contribution in [0, 0.1) is 0 Å². The van der Waals surface area contributed by atoms with Gasteiger partial charge in [-0.2, -0.15) is 4.98 Å². The predicted octanol–water partition coefficient (Wildman–Crippen LogP) is 4.61. The zero-order valence-electron chi connectivity index (χ0n) is 14.6. The Hall–Kier alpha value is -3.21. The fourth-order valence-electron chi connectivity index (χ4n) is 3.69. The van der Waals surface area contributed by atoms with Gasteiger partial charge in [-0.05, 0) is 49.1 Å². The Kier molecular flexibility index (Phi) is 3.45. The first-order valence-electron chi connectivity index (χ1n) is 8.95. The van der Waals surface area contributed by atoms with Gasteiger partial charge in [0.15, 0.2) is 5.82 Å². The van der Waals surface area contributed by atoms with Gasteiger partial charge in [0.05, 0.1) is 5.52 Å². The first kappa shape index (κ1) is 15.1. The maximum absolute atomic E-state index is 4.86. The van der Waals surface area contributed by atoms with Gasteiger partial charge in [-0.15, -0.1) is 10.2 Å². The Morgan fingerprint density at radius 3 is 2.58 bits per heavy atom. The number of anilines is 2. The third-order valence-electron chi connectivity index (χ3n) is 5.03. The lowest BCUT2D eigenvalue weighted by molar-refractivity contribution is 0.925. The van der Waals surface area contributed by atoms with Crippen molar-refractivity contribution in [2.45, 2.75) is 19.3 Å². The van der Waals surface area contributed by atoms with Gasteiger partial charge in [-0.3, -0.25) is 4.40 Å². The van der Waals surface area contributed by atoms with Crippen LogP contribution < -0.4 is 4.90 Å². The van der Waals surface area contributed by atoms with Gasteiger partial charge < -0.3 is 4.90 Å². The van der Waals surface area contributed by atoms with E-state index in [4.69, 9.17) is 4.98 Å². The summed E-state index contributed by atoms with van der Waals surface area (Å²) in [4.78, 5) is 6.96. The van der Waals surface area contributed by atoms with Crippen molar-refractivity contribution in [2.24, 2.45) is 0 Å². The molecule has 26 heavy (non-hydrogen) atoms. The molecule has 0 bridgehead atoms. The summed E-state index contributed by atoms with van der Waals surface area (Å²) in [6, 6.07) is 18.6. The van der Waals surface area contributed by atoms with Crippen LogP contribution in [0.15, 0.2) is 60.7 Å². The van der Waals surface area contributed by atoms with Gasteiger partial charge >= 0.3 is 0 Å². The number of hydrogen-bond donors (Lipinski definition) is 0. The number of aromatic nitrogens is 4. The Labute approximate surface area is 151 Å². The topological polar surface area (TPSA) is 46.3 Å². The number of hydrogen-bond acceptors (Lipinski definition) is 4. The molecule has 0 atom stereocenters. The maximum Gasteiger partial charge on any atom is 0.257 e. The molecule has 5 heteroatoms. The number of para-hydroxylation sites is 2. The summed E-state index contributed by atoms with van der Waals surface area (Å²) in [7, 11) is 2.04. The zero-order chi connectivity index (χ0) is 17.5. The van der Waals surface area contributed by atoms with Crippen molar-refractivity contribution in [1.82, 2.24) is 19.6 Å². The van der Waals surface area contributed by atoms with E-state index in [2.05, 4.69) is 62.0 Å². The second-order valence-electron chi connectivity index (χ2n) is 6.63. The van der Waals surface area contributed by atoms with Gasteiger partial charge in [-0.25, -0.2) is 0 Å². The number of benzene rings is 2. The minimum atomic E-state index is 0.643. The van der Waals surface area contributed by atoms with E-state index < -0.39 is 0 Å². The highest BCUT2D eigenvalue weighted by Gasteiger charge is 2.19. The lowest BCUT2D eigenvalue weighted by Gasteiger charge is -2.20. The van der Waals surface area contributed by atoms with E-state index in [0.29, 0.717) is 5.78 Å². The number of allylic oxidation sites excluding steroid dienone is 2. The van der Waals surface area contributed by atoms with E-state index in [9.17, 15) is 0 Å². The summed E-state index contributed by atoms with van der Waals surface area (Å²) < 4.78 is 2.09. The lowest BCUT2D eigenvalue weighted by atomic mass is 10.2. The summed E-state index contributed by atoms with van der Waals surface area (Å²) in [6.45, 7) is 0. The molecule has 2 aromatic carbocycles. The average Bonchev–Trinajstić information content (AvgIpc) is 3.37. The van der Waals surface area contributed by atoms with Crippen LogP contribution in [-0.2, 0) is 0 Å². The normalized spacial score (nSPS) is 14.1. The van der Waals surface area contributed by atoms with Gasteiger partial charge in [0.2, 0.25) is 0 Å². The maximum atomic E-state index is 4.86. The Bertz CT molecular complexity index is 1130. The van der Waals surface area contributed by atoms with Crippen LogP contribution in [0.3, 0.4) is 0 Å². The molecule has 0 fully saturated rings. The van der Waals surface area contributed by atoms with Crippen LogP contribution >= 0.6 is 0 Å². The summed E-state index contributed by atoms with van der Waals surface area (Å²) in [6.07, 6.45) is 5.63. The summed E-state index contributed by atoms with van der Waals surface area (Å²) in [5.41, 5.74) is 3.45. The van der Waals surface area contributed by atoms with Crippen LogP contribution in [0.5, 0.6) is 0 Å². The molecule has 5 rings (SSSR count). The van der Waals surface area contributed by atoms with Crippen molar-refractivity contribution < 1.29 is 0 Å². The quantitative estimate of drug-likeness (QED) is 0.546. The third-order valence-corrected chi connectivity index (χ3v) is 5.03. The molecule has 1 aliphatic carbocycles. The largest absolute Gasteiger partial charge is 0.329 e. The molecular formula is C21H19N5. The fraction of sp³-hybridized carbons (Fsp3) is 0.190. The summed E-state index contributed by atoms with van der Waals surface area (Å²) in [5.74, 6) is 2.46. The minimum Gasteiger partial charge on any atom is -0.329 e. The van der Waals surface area contributed by atoms with Gasteiger partial charge in [0.1, 0.15) is 5.82 Å². The molecule has 0 spiro atoms. The molecule has 0 radical (unpaired) electrons. The van der Waals surface area contributed by atoms with Gasteiger partial charge in [0.25, 0.3) is 5.78 Å². The molecule has 5 nitrogen and oxygen atoms in total. The van der Waals surface area contributed by atoms with Crippen LogP contribution in [0.1, 0.15) is 25.1 Å². The van der Waals surface area contributed by atoms with E-state index in [-0.39, 0.29) is 0 Å². The molecule has 2 heterocycles. The predicted molar refractivity (Wildman–Crippen MR) is 105 cm³/mol. The van der Waals surface area contributed by atoms with Gasteiger partial charge in [0, 0.05) is 18.1 Å². The Morgan fingerprint density at radius 1 is 0.962 bits per heavy atom. The Morgan fingerprint density at radius 2 is 1.77 bits per heavy atom. The zero-order valence-corrected chi connectivity index (χ0v) is 14.6. The second-order valence-corrected chi connectivity index (χ2v) is 6.63. The summed E-state index contributed by atoms with van der Waals surface area (Å²) >= 11 is 0.